The smallest absolute Gasteiger partial charge is 0.275 e. The molecule has 0 unspecified atom stereocenters. The molecule has 3 atom stereocenters. The van der Waals surface area contributed by atoms with Crippen LogP contribution in [0.15, 0.2) is 67.3 Å². The van der Waals surface area contributed by atoms with Crippen molar-refractivity contribution < 1.29 is 9.90 Å². The van der Waals surface area contributed by atoms with E-state index in [4.69, 9.17) is 4.98 Å². The van der Waals surface area contributed by atoms with Crippen LogP contribution in [0.3, 0.4) is 0 Å². The highest BCUT2D eigenvalue weighted by molar-refractivity contribution is 5.98. The Kier molecular flexibility index (Phi) is 7.13. The summed E-state index contributed by atoms with van der Waals surface area (Å²) < 4.78 is 4.33. The number of imidazole rings is 2. The zero-order valence-electron chi connectivity index (χ0n) is 23.7. The van der Waals surface area contributed by atoms with Crippen molar-refractivity contribution in [3.63, 3.8) is 0 Å². The van der Waals surface area contributed by atoms with Gasteiger partial charge in [-0.2, -0.15) is 0 Å². The van der Waals surface area contributed by atoms with E-state index in [0.29, 0.717) is 18.2 Å². The van der Waals surface area contributed by atoms with Crippen LogP contribution in [0.5, 0.6) is 0 Å². The fraction of sp³-hybridized carbons (Fsp3) is 0.485. The zero-order chi connectivity index (χ0) is 27.8. The van der Waals surface area contributed by atoms with Crippen molar-refractivity contribution in [1.82, 2.24) is 29.3 Å². The Bertz CT molecular complexity index is 1510. The number of amides is 1. The second-order valence-corrected chi connectivity index (χ2v) is 12.3. The number of nitrogens with zero attached hydrogens (tertiary/aromatic N) is 5. The maximum absolute atomic E-state index is 14.4. The van der Waals surface area contributed by atoms with E-state index in [2.05, 4.69) is 37.6 Å². The molecule has 8 heteroatoms. The second kappa shape index (κ2) is 11.1. The van der Waals surface area contributed by atoms with Gasteiger partial charge in [-0.25, -0.2) is 9.97 Å². The van der Waals surface area contributed by atoms with Gasteiger partial charge in [0.15, 0.2) is 5.69 Å². The molecule has 3 aliphatic rings. The maximum Gasteiger partial charge on any atom is 0.275 e. The Morgan fingerprint density at radius 1 is 1.00 bits per heavy atom. The number of para-hydroxylation sites is 2. The second-order valence-electron chi connectivity index (χ2n) is 12.3. The predicted molar refractivity (Wildman–Crippen MR) is 160 cm³/mol. The Morgan fingerprint density at radius 2 is 1.83 bits per heavy atom. The Balaban J connectivity index is 1.20. The number of aryl methyl sites for hydroxylation is 1. The highest BCUT2D eigenvalue weighted by atomic mass is 16.3. The SMILES string of the molecule is O=C(c1ncn([C@@H]2CCCC[C@@]2(O)CC2CC2)c1-c1ccccc1)N1CCNC[C@H]1CCn1cnc2ccccc21. The van der Waals surface area contributed by atoms with Crippen LogP contribution in [0.25, 0.3) is 22.3 Å². The van der Waals surface area contributed by atoms with Crippen LogP contribution in [0.2, 0.25) is 0 Å². The van der Waals surface area contributed by atoms with E-state index in [1.807, 2.05) is 54.0 Å². The number of carbonyl (C=O) groups is 1. The van der Waals surface area contributed by atoms with E-state index in [1.165, 1.54) is 12.8 Å². The van der Waals surface area contributed by atoms with Gasteiger partial charge in [0, 0.05) is 37.8 Å². The molecule has 2 N–H and O–H groups in total. The highest BCUT2D eigenvalue weighted by Gasteiger charge is 2.45. The molecular formula is C33H40N6O2. The summed E-state index contributed by atoms with van der Waals surface area (Å²) in [5, 5.41) is 15.5. The molecule has 1 aliphatic heterocycles. The van der Waals surface area contributed by atoms with E-state index in [1.54, 1.807) is 0 Å². The van der Waals surface area contributed by atoms with Crippen LogP contribution in [-0.4, -0.2) is 66.3 Å². The van der Waals surface area contributed by atoms with Crippen molar-refractivity contribution in [2.45, 2.75) is 75.6 Å². The minimum Gasteiger partial charge on any atom is -0.388 e. The quantitative estimate of drug-likeness (QED) is 0.319. The molecule has 2 aliphatic carbocycles. The van der Waals surface area contributed by atoms with Gasteiger partial charge in [0.25, 0.3) is 5.91 Å². The van der Waals surface area contributed by atoms with E-state index in [0.717, 1.165) is 80.4 Å². The summed E-state index contributed by atoms with van der Waals surface area (Å²) >= 11 is 0. The van der Waals surface area contributed by atoms with Gasteiger partial charge in [0.05, 0.1) is 41.0 Å². The molecule has 0 spiro atoms. The van der Waals surface area contributed by atoms with Crippen LogP contribution in [0, 0.1) is 5.92 Å². The molecule has 214 valence electrons. The first-order valence-electron chi connectivity index (χ1n) is 15.4. The Hall–Kier alpha value is -3.49. The first-order chi connectivity index (χ1) is 20.1. The van der Waals surface area contributed by atoms with Gasteiger partial charge in [-0.05, 0) is 43.7 Å². The number of hydrogen-bond donors (Lipinski definition) is 2. The highest BCUT2D eigenvalue weighted by Crippen LogP contribution is 2.48. The van der Waals surface area contributed by atoms with E-state index < -0.39 is 5.60 Å². The van der Waals surface area contributed by atoms with Gasteiger partial charge in [0.1, 0.15) is 0 Å². The Morgan fingerprint density at radius 3 is 2.68 bits per heavy atom. The van der Waals surface area contributed by atoms with Crippen molar-refractivity contribution in [2.75, 3.05) is 19.6 Å². The zero-order valence-corrected chi connectivity index (χ0v) is 23.7. The van der Waals surface area contributed by atoms with Gasteiger partial charge in [-0.1, -0.05) is 68.1 Å². The monoisotopic (exact) mass is 552 g/mol. The summed E-state index contributed by atoms with van der Waals surface area (Å²) in [7, 11) is 0. The minimum atomic E-state index is -0.755. The van der Waals surface area contributed by atoms with Crippen LogP contribution in [0.1, 0.15) is 67.9 Å². The third kappa shape index (κ3) is 5.19. The largest absolute Gasteiger partial charge is 0.388 e. The number of carbonyl (C=O) groups excluding carboxylic acids is 1. The third-order valence-electron chi connectivity index (χ3n) is 9.52. The summed E-state index contributed by atoms with van der Waals surface area (Å²) in [6.45, 7) is 2.95. The van der Waals surface area contributed by atoms with Crippen LogP contribution in [-0.2, 0) is 6.54 Å². The van der Waals surface area contributed by atoms with Gasteiger partial charge >= 0.3 is 0 Å². The first kappa shape index (κ1) is 26.4. The molecule has 0 bridgehead atoms. The number of aliphatic hydroxyl groups is 1. The van der Waals surface area contributed by atoms with Gasteiger partial charge < -0.3 is 24.5 Å². The van der Waals surface area contributed by atoms with Crippen molar-refractivity contribution in [2.24, 2.45) is 5.92 Å². The molecule has 41 heavy (non-hydrogen) atoms. The number of fused-ring (bicyclic) bond motifs is 1. The number of nitrogens with one attached hydrogen (secondary N) is 1. The fourth-order valence-electron chi connectivity index (χ4n) is 7.20. The number of rotatable bonds is 8. The molecule has 8 nitrogen and oxygen atoms in total. The summed E-state index contributed by atoms with van der Waals surface area (Å²) in [5.41, 5.74) is 3.67. The number of benzene rings is 2. The molecule has 3 heterocycles. The van der Waals surface area contributed by atoms with Gasteiger partial charge in [-0.15, -0.1) is 0 Å². The maximum atomic E-state index is 14.4. The summed E-state index contributed by atoms with van der Waals surface area (Å²) in [4.78, 5) is 25.7. The van der Waals surface area contributed by atoms with Crippen molar-refractivity contribution in [3.8, 4) is 11.3 Å². The normalized spacial score (nSPS) is 25.0. The number of piperazine rings is 1. The van der Waals surface area contributed by atoms with Crippen LogP contribution < -0.4 is 5.32 Å². The lowest BCUT2D eigenvalue weighted by molar-refractivity contribution is -0.0518. The molecule has 4 aromatic rings. The third-order valence-corrected chi connectivity index (χ3v) is 9.52. The van der Waals surface area contributed by atoms with Gasteiger partial charge in [0.2, 0.25) is 0 Å². The molecular weight excluding hydrogens is 512 g/mol. The summed E-state index contributed by atoms with van der Waals surface area (Å²) in [6, 6.07) is 18.3. The Labute approximate surface area is 241 Å². The summed E-state index contributed by atoms with van der Waals surface area (Å²) in [6.07, 6.45) is 11.7. The lowest BCUT2D eigenvalue weighted by atomic mass is 9.76. The molecule has 2 saturated carbocycles. The molecule has 1 amide bonds. The van der Waals surface area contributed by atoms with Crippen molar-refractivity contribution in [3.05, 3.63) is 72.9 Å². The predicted octanol–water partition coefficient (Wildman–Crippen LogP) is 5.05. The van der Waals surface area contributed by atoms with E-state index in [9.17, 15) is 9.90 Å². The molecule has 7 rings (SSSR count). The number of hydrogen-bond acceptors (Lipinski definition) is 5. The lowest BCUT2D eigenvalue weighted by Crippen LogP contribution is -2.54. The fourth-order valence-corrected chi connectivity index (χ4v) is 7.20. The van der Waals surface area contributed by atoms with Crippen molar-refractivity contribution >= 4 is 16.9 Å². The average molecular weight is 553 g/mol. The molecule has 2 aromatic heterocycles. The van der Waals surface area contributed by atoms with E-state index in [-0.39, 0.29) is 18.0 Å². The summed E-state index contributed by atoms with van der Waals surface area (Å²) in [5.74, 6) is 0.603. The molecule has 3 fully saturated rings. The van der Waals surface area contributed by atoms with Crippen LogP contribution >= 0.6 is 0 Å². The minimum absolute atomic E-state index is 0.0221. The molecule has 2 aromatic carbocycles. The van der Waals surface area contributed by atoms with Crippen molar-refractivity contribution in [1.29, 1.82) is 0 Å². The average Bonchev–Trinajstić information content (AvgIpc) is 3.55. The number of aromatic nitrogens is 4. The standard InChI is InChI=1S/C33H40N6O2/c40-32(38-19-17-34-21-26(38)15-18-37-22-35-27-10-4-5-11-28(27)37)30-31(25-8-2-1-3-9-25)39(23-36-30)29-12-6-7-16-33(29,41)20-24-13-14-24/h1-5,8-11,22-24,26,29,34,41H,6-7,12-21H2/t26-,29-,33-/m1/s1. The van der Waals surface area contributed by atoms with Crippen LogP contribution in [0.4, 0.5) is 0 Å². The topological polar surface area (TPSA) is 88.2 Å². The lowest BCUT2D eigenvalue weighted by Gasteiger charge is -2.42. The molecule has 1 saturated heterocycles. The molecule has 0 radical (unpaired) electrons. The van der Waals surface area contributed by atoms with Gasteiger partial charge in [-0.3, -0.25) is 4.79 Å². The van der Waals surface area contributed by atoms with E-state index >= 15 is 0 Å². The first-order valence-corrected chi connectivity index (χ1v) is 15.4.